The summed E-state index contributed by atoms with van der Waals surface area (Å²) >= 11 is 0. The van der Waals surface area contributed by atoms with E-state index in [0.29, 0.717) is 5.56 Å². The van der Waals surface area contributed by atoms with Crippen LogP contribution in [-0.2, 0) is 0 Å². The first-order valence-electron chi connectivity index (χ1n) is 6.02. The number of benzene rings is 2. The Balaban J connectivity index is 2.43. The molecule has 1 atom stereocenters. The maximum atomic E-state index is 13.8. The summed E-state index contributed by atoms with van der Waals surface area (Å²) in [5.41, 5.74) is 5.06. The van der Waals surface area contributed by atoms with E-state index in [1.165, 1.54) is 6.07 Å². The summed E-state index contributed by atoms with van der Waals surface area (Å²) in [4.78, 5) is 0. The molecule has 2 aromatic carbocycles. The Morgan fingerprint density at radius 1 is 1.21 bits per heavy atom. The number of halogens is 1. The van der Waals surface area contributed by atoms with Crippen LogP contribution in [-0.4, -0.2) is 7.11 Å². The minimum Gasteiger partial charge on any atom is -0.496 e. The third kappa shape index (κ3) is 2.75. The highest BCUT2D eigenvalue weighted by Crippen LogP contribution is 2.27. The molecule has 0 spiro atoms. The molecular weight excluding hydrogens is 243 g/mol. The van der Waals surface area contributed by atoms with Gasteiger partial charge in [-0.1, -0.05) is 30.3 Å². The number of nitrogens with two attached hydrogens (primary N) is 1. The predicted molar refractivity (Wildman–Crippen MR) is 73.3 cm³/mol. The standard InChI is InChI=1S/C15H17FN2O/c1-10-9-11(7-8-14(10)19-2)15(18-17)12-5-3-4-6-13(12)16/h3-9,15,18H,17H2,1-2H3. The molecule has 0 aromatic heterocycles. The summed E-state index contributed by atoms with van der Waals surface area (Å²) in [7, 11) is 1.62. The van der Waals surface area contributed by atoms with Gasteiger partial charge in [0.15, 0.2) is 0 Å². The molecule has 100 valence electrons. The van der Waals surface area contributed by atoms with E-state index in [-0.39, 0.29) is 11.9 Å². The Labute approximate surface area is 112 Å². The molecule has 0 fully saturated rings. The van der Waals surface area contributed by atoms with Gasteiger partial charge in [0, 0.05) is 5.56 Å². The van der Waals surface area contributed by atoms with Gasteiger partial charge in [0.2, 0.25) is 0 Å². The highest BCUT2D eigenvalue weighted by Gasteiger charge is 2.16. The Hall–Kier alpha value is -1.91. The number of nitrogens with one attached hydrogen (secondary N) is 1. The van der Waals surface area contributed by atoms with Crippen LogP contribution >= 0.6 is 0 Å². The van der Waals surface area contributed by atoms with Crippen LogP contribution in [0.2, 0.25) is 0 Å². The van der Waals surface area contributed by atoms with Crippen molar-refractivity contribution in [2.75, 3.05) is 7.11 Å². The van der Waals surface area contributed by atoms with E-state index >= 15 is 0 Å². The van der Waals surface area contributed by atoms with Gasteiger partial charge < -0.3 is 4.74 Å². The van der Waals surface area contributed by atoms with Crippen molar-refractivity contribution in [3.05, 3.63) is 65.0 Å². The average Bonchev–Trinajstić information content (AvgIpc) is 2.42. The lowest BCUT2D eigenvalue weighted by Crippen LogP contribution is -2.29. The Bertz CT molecular complexity index is 572. The third-order valence-electron chi connectivity index (χ3n) is 3.14. The second-order valence-corrected chi connectivity index (χ2v) is 4.35. The van der Waals surface area contributed by atoms with E-state index in [1.807, 2.05) is 25.1 Å². The van der Waals surface area contributed by atoms with Gasteiger partial charge in [-0.3, -0.25) is 5.84 Å². The Kier molecular flexibility index (Phi) is 4.14. The Morgan fingerprint density at radius 2 is 1.95 bits per heavy atom. The van der Waals surface area contributed by atoms with Crippen LogP contribution in [0.4, 0.5) is 4.39 Å². The van der Waals surface area contributed by atoms with Crippen molar-refractivity contribution < 1.29 is 9.13 Å². The second-order valence-electron chi connectivity index (χ2n) is 4.35. The zero-order chi connectivity index (χ0) is 13.8. The minimum absolute atomic E-state index is 0.279. The zero-order valence-electron chi connectivity index (χ0n) is 11.0. The van der Waals surface area contributed by atoms with Gasteiger partial charge in [0.05, 0.1) is 13.2 Å². The van der Waals surface area contributed by atoms with Crippen LogP contribution in [0, 0.1) is 12.7 Å². The molecule has 0 bridgehead atoms. The smallest absolute Gasteiger partial charge is 0.128 e. The molecule has 2 aromatic rings. The van der Waals surface area contributed by atoms with Crippen molar-refractivity contribution in [1.82, 2.24) is 5.43 Å². The van der Waals surface area contributed by atoms with E-state index in [4.69, 9.17) is 10.6 Å². The summed E-state index contributed by atoms with van der Waals surface area (Å²) < 4.78 is 19.1. The van der Waals surface area contributed by atoms with E-state index in [1.54, 1.807) is 25.3 Å². The van der Waals surface area contributed by atoms with Crippen molar-refractivity contribution in [1.29, 1.82) is 0 Å². The molecule has 3 N–H and O–H groups in total. The van der Waals surface area contributed by atoms with Crippen LogP contribution in [0.5, 0.6) is 5.75 Å². The molecule has 19 heavy (non-hydrogen) atoms. The number of aryl methyl sites for hydroxylation is 1. The topological polar surface area (TPSA) is 47.3 Å². The third-order valence-corrected chi connectivity index (χ3v) is 3.14. The van der Waals surface area contributed by atoms with Crippen molar-refractivity contribution in [2.24, 2.45) is 5.84 Å². The highest BCUT2D eigenvalue weighted by atomic mass is 19.1. The maximum absolute atomic E-state index is 13.8. The molecule has 0 aliphatic carbocycles. The molecule has 0 saturated heterocycles. The zero-order valence-corrected chi connectivity index (χ0v) is 11.0. The van der Waals surface area contributed by atoms with Gasteiger partial charge >= 0.3 is 0 Å². The lowest BCUT2D eigenvalue weighted by molar-refractivity contribution is 0.411. The van der Waals surface area contributed by atoms with Crippen LogP contribution in [0.25, 0.3) is 0 Å². The molecule has 0 heterocycles. The average molecular weight is 260 g/mol. The number of hydrogen-bond donors (Lipinski definition) is 2. The predicted octanol–water partition coefficient (Wildman–Crippen LogP) is 2.70. The quantitative estimate of drug-likeness (QED) is 0.656. The molecular formula is C15H17FN2O. The molecule has 4 heteroatoms. The molecule has 0 aliphatic rings. The molecule has 1 unspecified atom stereocenters. The van der Waals surface area contributed by atoms with E-state index in [0.717, 1.165) is 16.9 Å². The van der Waals surface area contributed by atoms with E-state index < -0.39 is 0 Å². The number of hydrazine groups is 1. The highest BCUT2D eigenvalue weighted by molar-refractivity contribution is 5.41. The van der Waals surface area contributed by atoms with Crippen LogP contribution in [0.1, 0.15) is 22.7 Å². The summed E-state index contributed by atoms with van der Waals surface area (Å²) in [6.07, 6.45) is 0. The van der Waals surface area contributed by atoms with Gasteiger partial charge in [-0.2, -0.15) is 0 Å². The normalized spacial score (nSPS) is 12.2. The van der Waals surface area contributed by atoms with Crippen molar-refractivity contribution in [3.63, 3.8) is 0 Å². The van der Waals surface area contributed by atoms with Crippen molar-refractivity contribution in [2.45, 2.75) is 13.0 Å². The molecule has 0 amide bonds. The first kappa shape index (κ1) is 13.5. The fraction of sp³-hybridized carbons (Fsp3) is 0.200. The van der Waals surface area contributed by atoms with Gasteiger partial charge in [-0.15, -0.1) is 0 Å². The molecule has 3 nitrogen and oxygen atoms in total. The molecule has 0 aliphatic heterocycles. The minimum atomic E-state index is -0.384. The first-order valence-corrected chi connectivity index (χ1v) is 6.02. The lowest BCUT2D eigenvalue weighted by Gasteiger charge is -2.18. The number of hydrogen-bond acceptors (Lipinski definition) is 3. The van der Waals surface area contributed by atoms with Crippen LogP contribution in [0.3, 0.4) is 0 Å². The lowest BCUT2D eigenvalue weighted by atomic mass is 9.97. The van der Waals surface area contributed by atoms with Crippen LogP contribution < -0.4 is 16.0 Å². The number of rotatable bonds is 4. The summed E-state index contributed by atoms with van der Waals surface area (Å²) in [6.45, 7) is 1.94. The van der Waals surface area contributed by atoms with Crippen molar-refractivity contribution >= 4 is 0 Å². The summed E-state index contributed by atoms with van der Waals surface area (Å²) in [5.74, 6) is 6.10. The van der Waals surface area contributed by atoms with Crippen LogP contribution in [0.15, 0.2) is 42.5 Å². The first-order chi connectivity index (χ1) is 9.17. The molecule has 0 radical (unpaired) electrons. The summed E-state index contributed by atoms with van der Waals surface area (Å²) in [5, 5.41) is 0. The van der Waals surface area contributed by atoms with Gasteiger partial charge in [-0.05, 0) is 30.2 Å². The Morgan fingerprint density at radius 3 is 2.53 bits per heavy atom. The fourth-order valence-corrected chi connectivity index (χ4v) is 2.16. The van der Waals surface area contributed by atoms with E-state index in [9.17, 15) is 4.39 Å². The molecule has 2 rings (SSSR count). The van der Waals surface area contributed by atoms with Crippen molar-refractivity contribution in [3.8, 4) is 5.75 Å². The largest absolute Gasteiger partial charge is 0.496 e. The monoisotopic (exact) mass is 260 g/mol. The number of methoxy groups -OCH3 is 1. The van der Waals surface area contributed by atoms with Gasteiger partial charge in [0.25, 0.3) is 0 Å². The van der Waals surface area contributed by atoms with E-state index in [2.05, 4.69) is 5.43 Å². The van der Waals surface area contributed by atoms with Gasteiger partial charge in [-0.25, -0.2) is 9.82 Å². The number of ether oxygens (including phenoxy) is 1. The second kappa shape index (κ2) is 5.82. The fourth-order valence-electron chi connectivity index (χ4n) is 2.16. The summed E-state index contributed by atoms with van der Waals surface area (Å²) in [6, 6.07) is 11.9. The molecule has 0 saturated carbocycles. The SMILES string of the molecule is COc1ccc(C(NN)c2ccccc2F)cc1C. The van der Waals surface area contributed by atoms with Gasteiger partial charge in [0.1, 0.15) is 11.6 Å². The maximum Gasteiger partial charge on any atom is 0.128 e.